The number of ether oxygens (including phenoxy) is 3. The lowest BCUT2D eigenvalue weighted by Crippen LogP contribution is -2.69. The summed E-state index contributed by atoms with van der Waals surface area (Å²) >= 11 is 0. The fourth-order valence-corrected chi connectivity index (χ4v) is 15.2. The SMILES string of the molecule is COCCCO[C@H]1CC[C@@]2(C)[C@@H](C1)C(=O)C=C1[C@]3(O)CC[C@@H]4[C@](C)(O)[C@H](O)[C@H]5O[C@H]6[C@H](C[C@H](N[C@H]6O)C(=O)N6C[C@@H]6CC#C[C@]12CC[C@]43C1CCCCC1)[C@H]5CNC[C@H](C)O. The molecule has 0 unspecified atom stereocenters. The van der Waals surface area contributed by atoms with Crippen molar-refractivity contribution < 1.29 is 49.3 Å². The molecular formula is C48H73N3O10. The van der Waals surface area contributed by atoms with E-state index in [1.165, 1.54) is 0 Å². The number of rotatable bonds is 10. The normalized spacial score (nSPS) is 48.6. The quantitative estimate of drug-likeness (QED) is 0.0969. The van der Waals surface area contributed by atoms with E-state index in [1.807, 2.05) is 4.90 Å². The van der Waals surface area contributed by atoms with Crippen molar-refractivity contribution in [2.75, 3.05) is 40.0 Å². The third-order valence-corrected chi connectivity index (χ3v) is 18.3. The maximum atomic E-state index is 14.8. The Bertz CT molecular complexity index is 1770. The highest BCUT2D eigenvalue weighted by Gasteiger charge is 2.76. The maximum Gasteiger partial charge on any atom is 0.240 e. The summed E-state index contributed by atoms with van der Waals surface area (Å²) in [4.78, 5) is 30.8. The highest BCUT2D eigenvalue weighted by Crippen LogP contribution is 2.76. The zero-order valence-corrected chi connectivity index (χ0v) is 36.9. The van der Waals surface area contributed by atoms with Crippen LogP contribution in [0.1, 0.15) is 117 Å². The maximum absolute atomic E-state index is 14.8. The van der Waals surface area contributed by atoms with Gasteiger partial charge < -0.3 is 50.0 Å². The number of ketones is 1. The molecule has 17 atom stereocenters. The van der Waals surface area contributed by atoms with Crippen LogP contribution in [0.25, 0.3) is 0 Å². The van der Waals surface area contributed by atoms with Crippen LogP contribution in [-0.2, 0) is 23.8 Å². The Morgan fingerprint density at radius 3 is 2.56 bits per heavy atom. The number of nitrogens with one attached hydrogen (secondary N) is 2. The average molecular weight is 852 g/mol. The lowest BCUT2D eigenvalue weighted by Gasteiger charge is -2.67. The number of hydrogen-bond donors (Lipinski definition) is 7. The lowest BCUT2D eigenvalue weighted by atomic mass is 9.37. The van der Waals surface area contributed by atoms with E-state index in [-0.39, 0.29) is 41.6 Å². The second kappa shape index (κ2) is 16.5. The van der Waals surface area contributed by atoms with Gasteiger partial charge in [-0.2, -0.15) is 0 Å². The van der Waals surface area contributed by atoms with Crippen LogP contribution < -0.4 is 10.6 Å². The highest BCUT2D eigenvalue weighted by atomic mass is 16.5. The van der Waals surface area contributed by atoms with Gasteiger partial charge in [-0.1, -0.05) is 32.1 Å². The molecule has 5 heterocycles. The van der Waals surface area contributed by atoms with E-state index in [0.29, 0.717) is 89.8 Å². The molecule has 0 aromatic heterocycles. The average Bonchev–Trinajstić information content (AvgIpc) is 3.80. The molecule has 0 aromatic carbocycles. The molecule has 0 radical (unpaired) electrons. The number of aliphatic hydroxyl groups excluding tert-OH is 3. The Balaban J connectivity index is 1.16. The minimum Gasteiger partial charge on any atom is -0.392 e. The predicted octanol–water partition coefficient (Wildman–Crippen LogP) is 2.59. The van der Waals surface area contributed by atoms with Gasteiger partial charge >= 0.3 is 0 Å². The van der Waals surface area contributed by atoms with Crippen molar-refractivity contribution in [2.45, 2.75) is 177 Å². The molecule has 3 saturated heterocycles. The molecule has 10 rings (SSSR count). The Morgan fingerprint density at radius 2 is 1.80 bits per heavy atom. The van der Waals surface area contributed by atoms with Crippen LogP contribution >= 0.6 is 0 Å². The van der Waals surface area contributed by atoms with Crippen molar-refractivity contribution in [3.8, 4) is 11.8 Å². The number of allylic oxidation sites excluding steroid dienone is 1. The van der Waals surface area contributed by atoms with E-state index in [9.17, 15) is 35.1 Å². The molecule has 7 bridgehead atoms. The summed E-state index contributed by atoms with van der Waals surface area (Å²) in [5.74, 6) is 5.83. The van der Waals surface area contributed by atoms with E-state index >= 15 is 0 Å². The summed E-state index contributed by atoms with van der Waals surface area (Å²) < 4.78 is 18.3. The van der Waals surface area contributed by atoms with E-state index in [0.717, 1.165) is 44.9 Å². The van der Waals surface area contributed by atoms with E-state index in [4.69, 9.17) is 14.2 Å². The molecule has 1 amide bonds. The Hall–Kier alpha value is -1.96. The first-order chi connectivity index (χ1) is 29.1. The third kappa shape index (κ3) is 6.94. The molecule has 1 spiro atoms. The molecule has 7 fully saturated rings. The number of fused-ring (bicyclic) bond motifs is 4. The fourth-order valence-electron chi connectivity index (χ4n) is 15.2. The van der Waals surface area contributed by atoms with Crippen LogP contribution in [0.3, 0.4) is 0 Å². The molecule has 7 N–H and O–H groups in total. The largest absolute Gasteiger partial charge is 0.392 e. The van der Waals surface area contributed by atoms with Crippen LogP contribution in [-0.4, -0.2) is 142 Å². The number of hydrogen-bond acceptors (Lipinski definition) is 12. The van der Waals surface area contributed by atoms with Crippen LogP contribution in [0.2, 0.25) is 0 Å². The van der Waals surface area contributed by atoms with Crippen LogP contribution in [0, 0.1) is 57.7 Å². The number of amides is 1. The van der Waals surface area contributed by atoms with Crippen LogP contribution in [0.5, 0.6) is 0 Å². The van der Waals surface area contributed by atoms with Crippen LogP contribution in [0.4, 0.5) is 0 Å². The van der Waals surface area contributed by atoms with Crippen molar-refractivity contribution in [2.24, 2.45) is 45.8 Å². The summed E-state index contributed by atoms with van der Waals surface area (Å²) in [6.45, 7) is 8.05. The van der Waals surface area contributed by atoms with Crippen molar-refractivity contribution >= 4 is 11.7 Å². The van der Waals surface area contributed by atoms with Crippen molar-refractivity contribution in [1.29, 1.82) is 0 Å². The minimum atomic E-state index is -1.75. The standard InChI is InChI=1S/C48H73N3O10/c1-28(52)25-49-26-33-32-23-35-43(56)51-27-30(51)12-8-15-46-18-19-47(29-10-6-5-7-11-29)37(45(3,57)41(54)39(33)61-40(32)42(55)50-35)14-17-48(47,58)38(46)24-36(53)34-22-31(13-16-44(34,46)2)60-21-9-20-59-4/h24,28-35,37,39-42,49-50,52,54-55,57-58H,5-7,9-14,16-23,25-27H2,1-4H3/t28-,30-,31-,32+,33+,34-,35-,37+,39-,40-,41+,42-,44-,45-,46-,47-,48+,51?/m0/s1. The highest BCUT2D eigenvalue weighted by molar-refractivity contribution is 5.96. The third-order valence-electron chi connectivity index (χ3n) is 18.3. The van der Waals surface area contributed by atoms with Gasteiger partial charge in [0.15, 0.2) is 5.78 Å². The molecule has 5 aliphatic heterocycles. The number of methoxy groups -OCH3 is 1. The molecule has 61 heavy (non-hydrogen) atoms. The zero-order valence-electron chi connectivity index (χ0n) is 36.9. The summed E-state index contributed by atoms with van der Waals surface area (Å²) in [6, 6.07) is -0.742. The Kier molecular flexibility index (Phi) is 12.0. The van der Waals surface area contributed by atoms with Gasteiger partial charge in [-0.15, -0.1) is 5.92 Å². The number of carbonyl (C=O) groups excluding carboxylic acids is 2. The fraction of sp³-hybridized carbons (Fsp3) is 0.875. The summed E-state index contributed by atoms with van der Waals surface area (Å²) in [7, 11) is 1.68. The first-order valence-electron chi connectivity index (χ1n) is 23.9. The van der Waals surface area contributed by atoms with Crippen molar-refractivity contribution in [3.05, 3.63) is 11.6 Å². The van der Waals surface area contributed by atoms with E-state index in [2.05, 4.69) is 29.4 Å². The van der Waals surface area contributed by atoms with Gasteiger partial charge in [0.2, 0.25) is 5.91 Å². The van der Waals surface area contributed by atoms with Gasteiger partial charge in [0, 0.05) is 63.6 Å². The van der Waals surface area contributed by atoms with Crippen molar-refractivity contribution in [1.82, 2.24) is 15.5 Å². The molecule has 0 aromatic rings. The number of piperidine rings is 1. The van der Waals surface area contributed by atoms with Crippen molar-refractivity contribution in [3.63, 3.8) is 0 Å². The molecule has 4 saturated carbocycles. The van der Waals surface area contributed by atoms with E-state index < -0.39 is 76.0 Å². The molecule has 5 aliphatic carbocycles. The number of nitrogens with zero attached hydrogens (tertiary/aromatic N) is 1. The lowest BCUT2D eigenvalue weighted by molar-refractivity contribution is -0.224. The minimum absolute atomic E-state index is 0.0174. The Morgan fingerprint density at radius 1 is 1.02 bits per heavy atom. The zero-order chi connectivity index (χ0) is 43.1. The van der Waals surface area contributed by atoms with E-state index in [1.54, 1.807) is 27.0 Å². The first-order valence-corrected chi connectivity index (χ1v) is 23.9. The predicted molar refractivity (Wildman–Crippen MR) is 225 cm³/mol. The second-order valence-electron chi connectivity index (χ2n) is 21.4. The topological polar surface area (TPSA) is 190 Å². The van der Waals surface area contributed by atoms with Gasteiger partial charge in [0.25, 0.3) is 0 Å². The van der Waals surface area contributed by atoms with Gasteiger partial charge in [0.05, 0.1) is 47.0 Å². The molecule has 340 valence electrons. The summed E-state index contributed by atoms with van der Waals surface area (Å²) in [6.07, 6.45) is 7.57. The summed E-state index contributed by atoms with van der Waals surface area (Å²) in [5.41, 5.74) is -4.74. The molecule has 10 aliphatic rings. The monoisotopic (exact) mass is 852 g/mol. The van der Waals surface area contributed by atoms with Crippen LogP contribution in [0.15, 0.2) is 11.6 Å². The number of aliphatic hydroxyl groups is 5. The van der Waals surface area contributed by atoms with Gasteiger partial charge in [-0.25, -0.2) is 0 Å². The van der Waals surface area contributed by atoms with Gasteiger partial charge in [-0.05, 0) is 119 Å². The van der Waals surface area contributed by atoms with Gasteiger partial charge in [0.1, 0.15) is 18.4 Å². The van der Waals surface area contributed by atoms with Gasteiger partial charge in [-0.3, -0.25) is 14.9 Å². The molecule has 13 nitrogen and oxygen atoms in total. The summed E-state index contributed by atoms with van der Waals surface area (Å²) in [5, 5.41) is 68.3. The molecule has 13 heteroatoms. The Labute approximate surface area is 362 Å². The first kappa shape index (κ1) is 44.3. The number of carbonyl (C=O) groups is 2. The smallest absolute Gasteiger partial charge is 0.240 e. The molecular weight excluding hydrogens is 779 g/mol. The second-order valence-corrected chi connectivity index (χ2v) is 21.4.